The first-order chi connectivity index (χ1) is 14.9. The van der Waals surface area contributed by atoms with Crippen LogP contribution in [0.25, 0.3) is 6.08 Å². The monoisotopic (exact) mass is 456 g/mol. The van der Waals surface area contributed by atoms with Crippen molar-refractivity contribution in [1.29, 1.82) is 0 Å². The maximum absolute atomic E-state index is 13.0. The quantitative estimate of drug-likeness (QED) is 0.425. The van der Waals surface area contributed by atoms with Gasteiger partial charge in [0.15, 0.2) is 5.75 Å². The molecule has 0 saturated carbocycles. The van der Waals surface area contributed by atoms with E-state index in [-0.39, 0.29) is 33.8 Å². The Bertz CT molecular complexity index is 1160. The second-order valence-corrected chi connectivity index (χ2v) is 7.52. The van der Waals surface area contributed by atoms with Crippen LogP contribution in [0.15, 0.2) is 72.3 Å². The number of nitrogens with zero attached hydrogens (tertiary/aromatic N) is 1. The number of hydrogen-bond acceptors (Lipinski definition) is 3. The average molecular weight is 457 g/mol. The third-order valence-corrected chi connectivity index (χ3v) is 5.10. The number of carbonyl (C=O) groups is 2. The Labute approximate surface area is 187 Å². The van der Waals surface area contributed by atoms with Gasteiger partial charge in [-0.25, -0.2) is 9.40 Å². The fourth-order valence-corrected chi connectivity index (χ4v) is 3.63. The summed E-state index contributed by atoms with van der Waals surface area (Å²) in [6.07, 6.45) is 1.42. The third kappa shape index (κ3) is 4.55. The van der Waals surface area contributed by atoms with Crippen molar-refractivity contribution in [3.8, 4) is 5.75 Å². The molecule has 1 aliphatic heterocycles. The summed E-state index contributed by atoms with van der Waals surface area (Å²) in [5.74, 6) is -1.10. The Hall–Kier alpha value is -3.35. The number of nitrogens with one attached hydrogen (secondary N) is 1. The summed E-state index contributed by atoms with van der Waals surface area (Å²) in [5, 5.41) is 1.61. The first kappa shape index (κ1) is 20.9. The minimum absolute atomic E-state index is 0.0454. The highest BCUT2D eigenvalue weighted by Crippen LogP contribution is 2.36. The number of hydrogen-bond donors (Lipinski definition) is 1. The molecule has 1 aliphatic rings. The van der Waals surface area contributed by atoms with Crippen molar-refractivity contribution < 1.29 is 18.7 Å². The highest BCUT2D eigenvalue weighted by molar-refractivity contribution is 6.37. The molecule has 1 saturated heterocycles. The van der Waals surface area contributed by atoms with Crippen LogP contribution in [-0.2, 0) is 16.2 Å². The summed E-state index contributed by atoms with van der Waals surface area (Å²) in [5.41, 5.74) is 4.25. The Morgan fingerprint density at radius 1 is 0.968 bits per heavy atom. The van der Waals surface area contributed by atoms with Crippen molar-refractivity contribution in [3.63, 3.8) is 0 Å². The van der Waals surface area contributed by atoms with Crippen LogP contribution in [0, 0.1) is 5.82 Å². The van der Waals surface area contributed by atoms with Crippen molar-refractivity contribution in [2.24, 2.45) is 0 Å². The Kier molecular flexibility index (Phi) is 5.93. The molecule has 8 heteroatoms. The number of anilines is 1. The van der Waals surface area contributed by atoms with Crippen LogP contribution in [0.3, 0.4) is 0 Å². The van der Waals surface area contributed by atoms with Gasteiger partial charge in [-0.05, 0) is 53.6 Å². The van der Waals surface area contributed by atoms with Crippen LogP contribution < -0.4 is 15.2 Å². The number of hydrazine groups is 1. The van der Waals surface area contributed by atoms with E-state index >= 15 is 0 Å². The number of rotatable bonds is 5. The first-order valence-corrected chi connectivity index (χ1v) is 9.96. The highest BCUT2D eigenvalue weighted by Gasteiger charge is 2.34. The lowest BCUT2D eigenvalue weighted by atomic mass is 10.1. The largest absolute Gasteiger partial charge is 0.486 e. The summed E-state index contributed by atoms with van der Waals surface area (Å²) in [7, 11) is 0. The third-order valence-electron chi connectivity index (χ3n) is 4.53. The average Bonchev–Trinajstić information content (AvgIpc) is 3.03. The number of benzene rings is 3. The molecule has 0 aliphatic carbocycles. The van der Waals surface area contributed by atoms with Crippen LogP contribution in [-0.4, -0.2) is 11.8 Å². The Balaban J connectivity index is 1.55. The zero-order valence-electron chi connectivity index (χ0n) is 15.9. The van der Waals surface area contributed by atoms with Gasteiger partial charge >= 0.3 is 0 Å². The molecule has 1 heterocycles. The highest BCUT2D eigenvalue weighted by atomic mass is 35.5. The lowest BCUT2D eigenvalue weighted by molar-refractivity contribution is -0.117. The molecular formula is C23H15Cl2FN2O3. The fourth-order valence-electron chi connectivity index (χ4n) is 3.02. The maximum Gasteiger partial charge on any atom is 0.282 e. The van der Waals surface area contributed by atoms with Gasteiger partial charge in [-0.3, -0.25) is 15.0 Å². The van der Waals surface area contributed by atoms with E-state index in [1.165, 1.54) is 23.2 Å². The van der Waals surface area contributed by atoms with Gasteiger partial charge in [0.05, 0.1) is 15.7 Å². The Morgan fingerprint density at radius 2 is 1.61 bits per heavy atom. The lowest BCUT2D eigenvalue weighted by Crippen LogP contribution is -2.35. The number of carbonyl (C=O) groups excluding carboxylic acids is 2. The molecule has 1 N–H and O–H groups in total. The minimum atomic E-state index is -0.530. The van der Waals surface area contributed by atoms with E-state index in [0.717, 1.165) is 5.56 Å². The molecule has 0 bridgehead atoms. The molecule has 3 aromatic carbocycles. The first-order valence-electron chi connectivity index (χ1n) is 9.21. The van der Waals surface area contributed by atoms with Gasteiger partial charge in [-0.1, -0.05) is 53.5 Å². The van der Waals surface area contributed by atoms with E-state index < -0.39 is 11.8 Å². The molecule has 1 fully saturated rings. The van der Waals surface area contributed by atoms with Crippen LogP contribution in [0.2, 0.25) is 10.0 Å². The van der Waals surface area contributed by atoms with Crippen molar-refractivity contribution >= 4 is 46.8 Å². The fraction of sp³-hybridized carbons (Fsp3) is 0.0435. The molecule has 0 radical (unpaired) electrons. The standard InChI is InChI=1S/C23H15Cl2FN2O3/c24-19-11-15(12-20(25)21(19)31-13-14-6-8-16(26)9-7-14)10-18-22(29)27-28(23(18)30)17-4-2-1-3-5-17/h1-12H,13H2,(H,27,29). The molecule has 5 nitrogen and oxygen atoms in total. The van der Waals surface area contributed by atoms with Gasteiger partial charge in [0.1, 0.15) is 18.0 Å². The Morgan fingerprint density at radius 3 is 2.26 bits per heavy atom. The lowest BCUT2D eigenvalue weighted by Gasteiger charge is -2.14. The van der Waals surface area contributed by atoms with E-state index in [9.17, 15) is 14.0 Å². The van der Waals surface area contributed by atoms with Crippen LogP contribution in [0.1, 0.15) is 11.1 Å². The topological polar surface area (TPSA) is 58.6 Å². The number of amides is 2. The molecular weight excluding hydrogens is 442 g/mol. The number of ether oxygens (including phenoxy) is 1. The zero-order chi connectivity index (χ0) is 22.0. The predicted molar refractivity (Wildman–Crippen MR) is 117 cm³/mol. The van der Waals surface area contributed by atoms with E-state index in [0.29, 0.717) is 11.3 Å². The molecule has 0 unspecified atom stereocenters. The molecule has 3 aromatic rings. The van der Waals surface area contributed by atoms with Gasteiger partial charge in [0.2, 0.25) is 0 Å². The van der Waals surface area contributed by atoms with Crippen LogP contribution in [0.4, 0.5) is 10.1 Å². The van der Waals surface area contributed by atoms with E-state index in [1.54, 1.807) is 48.5 Å². The summed E-state index contributed by atoms with van der Waals surface area (Å²) in [4.78, 5) is 25.0. The molecule has 0 spiro atoms. The van der Waals surface area contributed by atoms with Crippen LogP contribution >= 0.6 is 23.2 Å². The predicted octanol–water partition coefficient (Wildman–Crippen LogP) is 5.17. The molecule has 156 valence electrons. The van der Waals surface area contributed by atoms with Crippen molar-refractivity contribution in [2.75, 3.05) is 5.01 Å². The molecule has 0 aromatic heterocycles. The second kappa shape index (κ2) is 8.79. The van der Waals surface area contributed by atoms with Crippen molar-refractivity contribution in [2.45, 2.75) is 6.61 Å². The summed E-state index contributed by atoms with van der Waals surface area (Å²) >= 11 is 12.6. The van der Waals surface area contributed by atoms with Crippen molar-refractivity contribution in [1.82, 2.24) is 5.43 Å². The summed E-state index contributed by atoms with van der Waals surface area (Å²) in [6, 6.07) is 17.7. The van der Waals surface area contributed by atoms with Gasteiger partial charge in [-0.2, -0.15) is 0 Å². The maximum atomic E-state index is 13.0. The van der Waals surface area contributed by atoms with E-state index in [4.69, 9.17) is 27.9 Å². The smallest absolute Gasteiger partial charge is 0.282 e. The summed E-state index contributed by atoms with van der Waals surface area (Å²) in [6.45, 7) is 0.146. The zero-order valence-corrected chi connectivity index (χ0v) is 17.5. The van der Waals surface area contributed by atoms with Gasteiger partial charge < -0.3 is 4.74 Å². The molecule has 31 heavy (non-hydrogen) atoms. The second-order valence-electron chi connectivity index (χ2n) is 6.70. The van der Waals surface area contributed by atoms with Crippen LogP contribution in [0.5, 0.6) is 5.75 Å². The van der Waals surface area contributed by atoms with Crippen molar-refractivity contribution in [3.05, 3.63) is 99.3 Å². The molecule has 0 atom stereocenters. The minimum Gasteiger partial charge on any atom is -0.486 e. The van der Waals surface area contributed by atoms with Gasteiger partial charge in [0.25, 0.3) is 11.8 Å². The number of para-hydroxylation sites is 1. The van der Waals surface area contributed by atoms with E-state index in [1.807, 2.05) is 6.07 Å². The van der Waals surface area contributed by atoms with Gasteiger partial charge in [-0.15, -0.1) is 0 Å². The van der Waals surface area contributed by atoms with E-state index in [2.05, 4.69) is 5.43 Å². The molecule has 4 rings (SSSR count). The number of halogens is 3. The van der Waals surface area contributed by atoms with Gasteiger partial charge in [0, 0.05) is 0 Å². The normalized spacial score (nSPS) is 14.8. The summed E-state index contributed by atoms with van der Waals surface area (Å²) < 4.78 is 18.7. The molecule has 2 amide bonds. The SMILES string of the molecule is O=C1NN(c2ccccc2)C(=O)C1=Cc1cc(Cl)c(OCc2ccc(F)cc2)c(Cl)c1.